The van der Waals surface area contributed by atoms with Crippen molar-refractivity contribution in [2.24, 2.45) is 0 Å². The molecule has 2 aromatic heterocycles. The van der Waals surface area contributed by atoms with Crippen LogP contribution in [-0.4, -0.2) is 16.5 Å². The van der Waals surface area contributed by atoms with Gasteiger partial charge in [-0.3, -0.25) is 4.79 Å². The fourth-order valence-electron chi connectivity index (χ4n) is 3.46. The van der Waals surface area contributed by atoms with Gasteiger partial charge in [0, 0.05) is 5.02 Å². The van der Waals surface area contributed by atoms with Crippen LogP contribution in [0.2, 0.25) is 5.02 Å². The number of methoxy groups -OCH3 is 1. The van der Waals surface area contributed by atoms with Gasteiger partial charge in [0.1, 0.15) is 6.61 Å². The van der Waals surface area contributed by atoms with E-state index in [1.165, 1.54) is 11.3 Å². The first kappa shape index (κ1) is 21.0. The molecule has 0 fully saturated rings. The third-order valence-corrected chi connectivity index (χ3v) is 6.80. The van der Waals surface area contributed by atoms with Crippen LogP contribution in [0.1, 0.15) is 11.1 Å². The largest absolute Gasteiger partial charge is 0.493 e. The van der Waals surface area contributed by atoms with E-state index in [-0.39, 0.29) is 5.56 Å². The van der Waals surface area contributed by atoms with Gasteiger partial charge in [0.2, 0.25) is 0 Å². The summed E-state index contributed by atoms with van der Waals surface area (Å²) < 4.78 is 14.5. The second kappa shape index (κ2) is 8.58. The average molecular weight is 528 g/mol. The summed E-state index contributed by atoms with van der Waals surface area (Å²) >= 11 is 10.9. The molecule has 0 aliphatic carbocycles. The van der Waals surface area contributed by atoms with Crippen LogP contribution < -0.4 is 19.6 Å². The number of nitrogens with zero attached hydrogens (tertiary/aromatic N) is 2. The number of hydrogen-bond acceptors (Lipinski definition) is 5. The lowest BCUT2D eigenvalue weighted by atomic mass is 10.2. The van der Waals surface area contributed by atoms with Crippen molar-refractivity contribution in [3.05, 3.63) is 96.2 Å². The zero-order valence-electron chi connectivity index (χ0n) is 16.8. The highest BCUT2D eigenvalue weighted by Crippen LogP contribution is 2.37. The Bertz CT molecular complexity index is 1560. The molecule has 2 heterocycles. The lowest BCUT2D eigenvalue weighted by Gasteiger charge is -2.13. The molecule has 0 bridgehead atoms. The number of benzene rings is 3. The van der Waals surface area contributed by atoms with Gasteiger partial charge in [-0.15, -0.1) is 0 Å². The highest BCUT2D eigenvalue weighted by molar-refractivity contribution is 9.10. The van der Waals surface area contributed by atoms with Crippen molar-refractivity contribution in [3.8, 4) is 11.5 Å². The molecule has 0 spiro atoms. The van der Waals surface area contributed by atoms with E-state index in [1.807, 2.05) is 66.7 Å². The van der Waals surface area contributed by atoms with Crippen molar-refractivity contribution >= 4 is 60.9 Å². The Morgan fingerprint density at radius 2 is 1.94 bits per heavy atom. The van der Waals surface area contributed by atoms with Gasteiger partial charge < -0.3 is 9.47 Å². The van der Waals surface area contributed by atoms with Gasteiger partial charge in [-0.1, -0.05) is 47.2 Å². The van der Waals surface area contributed by atoms with E-state index < -0.39 is 0 Å². The van der Waals surface area contributed by atoms with E-state index in [4.69, 9.17) is 21.1 Å². The van der Waals surface area contributed by atoms with Crippen LogP contribution in [0.15, 0.2) is 69.9 Å². The molecule has 5 rings (SSSR count). The average Bonchev–Trinajstić information content (AvgIpc) is 3.30. The van der Waals surface area contributed by atoms with E-state index in [0.717, 1.165) is 26.6 Å². The monoisotopic (exact) mass is 526 g/mol. The number of rotatable bonds is 5. The maximum Gasteiger partial charge on any atom is 0.274 e. The molecule has 5 aromatic rings. The minimum absolute atomic E-state index is 0.0862. The van der Waals surface area contributed by atoms with Gasteiger partial charge in [-0.2, -0.15) is 0 Å². The van der Waals surface area contributed by atoms with Crippen molar-refractivity contribution in [2.75, 3.05) is 7.11 Å². The summed E-state index contributed by atoms with van der Waals surface area (Å²) in [6, 6.07) is 18.9. The number of imidazole rings is 1. The number of aromatic nitrogens is 2. The minimum atomic E-state index is -0.0862. The molecule has 0 saturated heterocycles. The summed E-state index contributed by atoms with van der Waals surface area (Å²) in [7, 11) is 1.59. The fraction of sp³-hybridized carbons (Fsp3) is 0.0833. The molecule has 160 valence electrons. The summed E-state index contributed by atoms with van der Waals surface area (Å²) in [4.78, 5) is 18.3. The summed E-state index contributed by atoms with van der Waals surface area (Å²) in [6.45, 7) is 0.370. The topological polar surface area (TPSA) is 52.8 Å². The third kappa shape index (κ3) is 3.88. The zero-order chi connectivity index (χ0) is 22.2. The number of ether oxygens (including phenoxy) is 2. The van der Waals surface area contributed by atoms with Crippen LogP contribution in [-0.2, 0) is 6.61 Å². The van der Waals surface area contributed by atoms with Gasteiger partial charge >= 0.3 is 0 Å². The van der Waals surface area contributed by atoms with E-state index in [2.05, 4.69) is 20.9 Å². The lowest BCUT2D eigenvalue weighted by Crippen LogP contribution is -2.22. The number of halogens is 2. The SMILES string of the molecule is COc1cc(/C=c2/sc3nc4ccccc4n3c2=O)cc(Br)c1OCc1ccc(Cl)cc1. The molecule has 0 aliphatic rings. The number of para-hydroxylation sites is 2. The van der Waals surface area contributed by atoms with Crippen molar-refractivity contribution in [2.45, 2.75) is 6.61 Å². The normalized spacial score (nSPS) is 12.0. The van der Waals surface area contributed by atoms with Crippen molar-refractivity contribution in [1.82, 2.24) is 9.38 Å². The first-order valence-electron chi connectivity index (χ1n) is 9.70. The van der Waals surface area contributed by atoms with Crippen LogP contribution in [0.25, 0.3) is 22.1 Å². The van der Waals surface area contributed by atoms with Crippen LogP contribution in [0, 0.1) is 0 Å². The second-order valence-electron chi connectivity index (χ2n) is 7.08. The van der Waals surface area contributed by atoms with E-state index in [0.29, 0.717) is 32.6 Å². The van der Waals surface area contributed by atoms with Gasteiger partial charge in [-0.25, -0.2) is 9.38 Å². The van der Waals surface area contributed by atoms with Crippen LogP contribution in [0.4, 0.5) is 0 Å². The molecule has 0 N–H and O–H groups in total. The fourth-order valence-corrected chi connectivity index (χ4v) is 5.15. The number of hydrogen-bond donors (Lipinski definition) is 0. The molecule has 3 aromatic carbocycles. The van der Waals surface area contributed by atoms with Gasteiger partial charge in [0.15, 0.2) is 16.5 Å². The second-order valence-corrected chi connectivity index (χ2v) is 9.38. The number of fused-ring (bicyclic) bond motifs is 3. The lowest BCUT2D eigenvalue weighted by molar-refractivity contribution is 0.282. The van der Waals surface area contributed by atoms with Crippen LogP contribution in [0.3, 0.4) is 0 Å². The quantitative estimate of drug-likeness (QED) is 0.305. The van der Waals surface area contributed by atoms with Crippen LogP contribution >= 0.6 is 38.9 Å². The van der Waals surface area contributed by atoms with E-state index in [1.54, 1.807) is 11.5 Å². The molecular weight excluding hydrogens is 512 g/mol. The Hall–Kier alpha value is -2.87. The zero-order valence-corrected chi connectivity index (χ0v) is 20.0. The Kier molecular flexibility index (Phi) is 5.63. The Morgan fingerprint density at radius 1 is 1.16 bits per heavy atom. The molecular formula is C24H16BrClN2O3S. The third-order valence-electron chi connectivity index (χ3n) is 4.99. The highest BCUT2D eigenvalue weighted by Gasteiger charge is 2.14. The molecule has 0 aliphatic heterocycles. The summed E-state index contributed by atoms with van der Waals surface area (Å²) in [5, 5.41) is 0.680. The Morgan fingerprint density at radius 3 is 2.72 bits per heavy atom. The molecule has 0 amide bonds. The predicted octanol–water partition coefficient (Wildman–Crippen LogP) is 5.46. The molecule has 0 unspecified atom stereocenters. The van der Waals surface area contributed by atoms with Gasteiger partial charge in [-0.05, 0) is 69.5 Å². The maximum absolute atomic E-state index is 13.0. The molecule has 5 nitrogen and oxygen atoms in total. The first-order valence-corrected chi connectivity index (χ1v) is 11.7. The van der Waals surface area contributed by atoms with E-state index in [9.17, 15) is 4.79 Å². The van der Waals surface area contributed by atoms with Crippen molar-refractivity contribution in [3.63, 3.8) is 0 Å². The maximum atomic E-state index is 13.0. The van der Waals surface area contributed by atoms with Crippen molar-refractivity contribution < 1.29 is 9.47 Å². The molecule has 0 saturated carbocycles. The summed E-state index contributed by atoms with van der Waals surface area (Å²) in [5.41, 5.74) is 3.35. The Labute approximate surface area is 200 Å². The molecule has 8 heteroatoms. The predicted molar refractivity (Wildman–Crippen MR) is 132 cm³/mol. The van der Waals surface area contributed by atoms with E-state index >= 15 is 0 Å². The van der Waals surface area contributed by atoms with Gasteiger partial charge in [0.05, 0.1) is 27.1 Å². The number of thiazole rings is 1. The molecule has 32 heavy (non-hydrogen) atoms. The first-order chi connectivity index (χ1) is 15.5. The minimum Gasteiger partial charge on any atom is -0.493 e. The smallest absolute Gasteiger partial charge is 0.274 e. The summed E-state index contributed by atoms with van der Waals surface area (Å²) in [6.07, 6.45) is 1.84. The Balaban J connectivity index is 1.51. The standard InChI is InChI=1S/C24H16BrClN2O3S/c1-30-20-11-15(10-17(25)22(20)31-13-14-6-8-16(26)9-7-14)12-21-23(29)28-19-5-3-2-4-18(19)27-24(28)32-21/h2-12H,13H2,1H3/b21-12+. The van der Waals surface area contributed by atoms with Gasteiger partial charge in [0.25, 0.3) is 5.56 Å². The highest BCUT2D eigenvalue weighted by atomic mass is 79.9. The molecule has 0 atom stereocenters. The van der Waals surface area contributed by atoms with Crippen LogP contribution in [0.5, 0.6) is 11.5 Å². The van der Waals surface area contributed by atoms with Crippen molar-refractivity contribution in [1.29, 1.82) is 0 Å². The molecule has 0 radical (unpaired) electrons. The summed E-state index contributed by atoms with van der Waals surface area (Å²) in [5.74, 6) is 1.16.